The molecule has 1 aliphatic carbocycles. The van der Waals surface area contributed by atoms with E-state index in [1.165, 1.54) is 17.8 Å². The van der Waals surface area contributed by atoms with Crippen LogP contribution in [0.4, 0.5) is 10.3 Å². The Morgan fingerprint density at radius 2 is 2.10 bits per heavy atom. The highest BCUT2D eigenvalue weighted by Gasteiger charge is 2.22. The van der Waals surface area contributed by atoms with Gasteiger partial charge in [-0.2, -0.15) is 14.6 Å². The molecule has 1 atom stereocenters. The number of nitrogens with zero attached hydrogens (tertiary/aromatic N) is 6. The van der Waals surface area contributed by atoms with Crippen molar-refractivity contribution in [2.45, 2.75) is 45.1 Å². The fraction of sp³-hybridized carbons (Fsp3) is 0.318. The summed E-state index contributed by atoms with van der Waals surface area (Å²) in [7, 11) is 0. The smallest absolute Gasteiger partial charge is 0.228 e. The highest BCUT2D eigenvalue weighted by atomic mass is 19.1. The van der Waals surface area contributed by atoms with Crippen LogP contribution in [-0.2, 0) is 12.8 Å². The number of nitrogens with one attached hydrogen (secondary N) is 1. The summed E-state index contributed by atoms with van der Waals surface area (Å²) in [6.07, 6.45) is 9.15. The summed E-state index contributed by atoms with van der Waals surface area (Å²) in [5, 5.41) is 8.08. The molecular weight excluding hydrogens is 381 g/mol. The molecule has 152 valence electrons. The number of fused-ring (bicyclic) bond motifs is 2. The van der Waals surface area contributed by atoms with E-state index in [0.29, 0.717) is 17.3 Å². The molecule has 0 spiro atoms. The van der Waals surface area contributed by atoms with Gasteiger partial charge < -0.3 is 5.32 Å². The zero-order chi connectivity index (χ0) is 20.7. The number of hydrogen-bond donors (Lipinski definition) is 1. The third kappa shape index (κ3) is 3.38. The van der Waals surface area contributed by atoms with Crippen molar-refractivity contribution in [2.75, 3.05) is 5.32 Å². The first-order valence-corrected chi connectivity index (χ1v) is 10.1. The Bertz CT molecular complexity index is 1220. The monoisotopic (exact) mass is 403 g/mol. The Morgan fingerprint density at radius 1 is 1.20 bits per heavy atom. The fourth-order valence-electron chi connectivity index (χ4n) is 3.92. The molecule has 0 bridgehead atoms. The van der Waals surface area contributed by atoms with E-state index in [4.69, 9.17) is 9.97 Å². The lowest BCUT2D eigenvalue weighted by Crippen LogP contribution is -2.29. The summed E-state index contributed by atoms with van der Waals surface area (Å²) in [6.45, 7) is 4.20. The lowest BCUT2D eigenvalue weighted by atomic mass is 9.92. The van der Waals surface area contributed by atoms with Crippen molar-refractivity contribution < 1.29 is 4.39 Å². The Morgan fingerprint density at radius 3 is 2.93 bits per heavy atom. The minimum Gasteiger partial charge on any atom is -0.351 e. The molecule has 1 N–H and O–H groups in total. The van der Waals surface area contributed by atoms with E-state index in [0.717, 1.165) is 36.2 Å². The number of anilines is 1. The van der Waals surface area contributed by atoms with Crippen molar-refractivity contribution in [3.05, 3.63) is 65.6 Å². The third-order valence-corrected chi connectivity index (χ3v) is 5.49. The van der Waals surface area contributed by atoms with Crippen molar-refractivity contribution in [1.82, 2.24) is 29.5 Å². The van der Waals surface area contributed by atoms with Crippen molar-refractivity contribution in [3.63, 3.8) is 0 Å². The van der Waals surface area contributed by atoms with Crippen LogP contribution in [-0.4, -0.2) is 35.6 Å². The van der Waals surface area contributed by atoms with E-state index in [1.54, 1.807) is 10.7 Å². The lowest BCUT2D eigenvalue weighted by molar-refractivity contribution is 0.591. The van der Waals surface area contributed by atoms with E-state index < -0.39 is 5.82 Å². The second-order valence-corrected chi connectivity index (χ2v) is 7.95. The molecule has 0 aromatic carbocycles. The van der Waals surface area contributed by atoms with Gasteiger partial charge in [0.15, 0.2) is 11.5 Å². The largest absolute Gasteiger partial charge is 0.351 e. The molecule has 0 fully saturated rings. The maximum absolute atomic E-state index is 13.8. The van der Waals surface area contributed by atoms with Crippen LogP contribution in [0.25, 0.3) is 17.0 Å². The van der Waals surface area contributed by atoms with Crippen LogP contribution in [0.3, 0.4) is 0 Å². The summed E-state index contributed by atoms with van der Waals surface area (Å²) in [4.78, 5) is 17.8. The summed E-state index contributed by atoms with van der Waals surface area (Å²) < 4.78 is 15.5. The highest BCUT2D eigenvalue weighted by Crippen LogP contribution is 2.26. The normalized spacial score (nSPS) is 16.1. The molecule has 4 heterocycles. The number of rotatable bonds is 4. The van der Waals surface area contributed by atoms with Gasteiger partial charge in [0.25, 0.3) is 0 Å². The summed E-state index contributed by atoms with van der Waals surface area (Å²) >= 11 is 0. The van der Waals surface area contributed by atoms with Crippen LogP contribution < -0.4 is 5.32 Å². The fourth-order valence-corrected chi connectivity index (χ4v) is 3.92. The average molecular weight is 403 g/mol. The third-order valence-electron chi connectivity index (χ3n) is 5.49. The van der Waals surface area contributed by atoms with E-state index >= 15 is 0 Å². The molecular formula is C22H22FN7. The molecule has 0 radical (unpaired) electrons. The van der Waals surface area contributed by atoms with Crippen molar-refractivity contribution in [3.8, 4) is 11.4 Å². The molecule has 0 unspecified atom stereocenters. The molecule has 4 aromatic rings. The maximum atomic E-state index is 13.8. The van der Waals surface area contributed by atoms with Gasteiger partial charge in [-0.15, -0.1) is 0 Å². The highest BCUT2D eigenvalue weighted by molar-refractivity contribution is 5.62. The maximum Gasteiger partial charge on any atom is 0.228 e. The van der Waals surface area contributed by atoms with Gasteiger partial charge in [-0.3, -0.25) is 9.97 Å². The predicted octanol–water partition coefficient (Wildman–Crippen LogP) is 3.81. The van der Waals surface area contributed by atoms with Crippen molar-refractivity contribution >= 4 is 11.6 Å². The van der Waals surface area contributed by atoms with Crippen LogP contribution >= 0.6 is 0 Å². The first-order valence-electron chi connectivity index (χ1n) is 10.1. The van der Waals surface area contributed by atoms with E-state index in [1.807, 2.05) is 18.5 Å². The van der Waals surface area contributed by atoms with Gasteiger partial charge in [0, 0.05) is 35.3 Å². The second kappa shape index (κ2) is 7.44. The minimum absolute atomic E-state index is 0.199. The van der Waals surface area contributed by atoms with E-state index in [9.17, 15) is 4.39 Å². The molecule has 5 rings (SSSR count). The average Bonchev–Trinajstić information content (AvgIpc) is 3.18. The quantitative estimate of drug-likeness (QED) is 0.558. The van der Waals surface area contributed by atoms with Crippen LogP contribution in [0.2, 0.25) is 0 Å². The molecule has 8 heteroatoms. The van der Waals surface area contributed by atoms with Crippen LogP contribution in [0, 0.1) is 5.82 Å². The van der Waals surface area contributed by atoms with Crippen LogP contribution in [0.5, 0.6) is 0 Å². The van der Waals surface area contributed by atoms with Gasteiger partial charge in [-0.05, 0) is 42.9 Å². The molecule has 0 saturated carbocycles. The van der Waals surface area contributed by atoms with Gasteiger partial charge in [0.1, 0.15) is 5.82 Å². The number of aromatic nitrogens is 6. The summed E-state index contributed by atoms with van der Waals surface area (Å²) in [6, 6.07) is 5.70. The molecule has 0 saturated heterocycles. The van der Waals surface area contributed by atoms with Gasteiger partial charge in [0.2, 0.25) is 5.95 Å². The Hall–Kier alpha value is -3.42. The lowest BCUT2D eigenvalue weighted by Gasteiger charge is -2.25. The standard InChI is InChI=1S/C22H22FN7/c1-13(2)18-12-26-30-21(18)28-20(15-8-16(23)11-24-10-15)29-22(30)27-17-5-6-19-14(9-17)4-3-7-25-19/h3-4,7-8,10-13,17H,5-6,9H2,1-2H3,(H,27,28,29)/t17-/m0/s1. The zero-order valence-electron chi connectivity index (χ0n) is 16.9. The topological polar surface area (TPSA) is 80.9 Å². The number of halogens is 1. The van der Waals surface area contributed by atoms with Crippen LogP contribution in [0.15, 0.2) is 43.0 Å². The number of aryl methyl sites for hydroxylation is 1. The predicted molar refractivity (Wildman–Crippen MR) is 112 cm³/mol. The van der Waals surface area contributed by atoms with Gasteiger partial charge in [-0.25, -0.2) is 9.37 Å². The van der Waals surface area contributed by atoms with Crippen molar-refractivity contribution in [1.29, 1.82) is 0 Å². The Kier molecular flexibility index (Phi) is 4.61. The van der Waals surface area contributed by atoms with Crippen molar-refractivity contribution in [2.24, 2.45) is 0 Å². The Labute approximate surface area is 173 Å². The minimum atomic E-state index is -0.417. The first kappa shape index (κ1) is 18.6. The molecule has 30 heavy (non-hydrogen) atoms. The second-order valence-electron chi connectivity index (χ2n) is 7.95. The van der Waals surface area contributed by atoms with Gasteiger partial charge in [0.05, 0.1) is 12.4 Å². The van der Waals surface area contributed by atoms with Gasteiger partial charge in [-0.1, -0.05) is 19.9 Å². The molecule has 4 aromatic heterocycles. The zero-order valence-corrected chi connectivity index (χ0v) is 16.9. The molecule has 0 aliphatic heterocycles. The number of hydrogen-bond acceptors (Lipinski definition) is 6. The van der Waals surface area contributed by atoms with E-state index in [-0.39, 0.29) is 12.0 Å². The van der Waals surface area contributed by atoms with E-state index in [2.05, 4.69) is 40.3 Å². The Balaban J connectivity index is 1.57. The molecule has 0 amide bonds. The van der Waals surface area contributed by atoms with Gasteiger partial charge >= 0.3 is 0 Å². The molecule has 1 aliphatic rings. The van der Waals surface area contributed by atoms with Crippen LogP contribution in [0.1, 0.15) is 43.0 Å². The summed E-state index contributed by atoms with van der Waals surface area (Å²) in [5.41, 5.74) is 4.69. The first-order chi connectivity index (χ1) is 14.6. The number of pyridine rings is 2. The SMILES string of the molecule is CC(C)c1cnn2c(N[C@H]3CCc4ncccc4C3)nc(-c3cncc(F)c3)nc12. The molecule has 7 nitrogen and oxygen atoms in total. The summed E-state index contributed by atoms with van der Waals surface area (Å²) in [5.74, 6) is 0.858.